The van der Waals surface area contributed by atoms with Crippen LogP contribution in [0.1, 0.15) is 63.4 Å². The summed E-state index contributed by atoms with van der Waals surface area (Å²) in [5.74, 6) is -0.341. The lowest BCUT2D eigenvalue weighted by atomic mass is 10.0. The Kier molecular flexibility index (Phi) is 6.88. The summed E-state index contributed by atoms with van der Waals surface area (Å²) in [6, 6.07) is 2.87. The molecule has 1 aliphatic heterocycles. The highest BCUT2D eigenvalue weighted by atomic mass is 32.2. The summed E-state index contributed by atoms with van der Waals surface area (Å²) in [5.41, 5.74) is -1.02. The molecule has 1 N–H and O–H groups in total. The van der Waals surface area contributed by atoms with Crippen LogP contribution >= 0.6 is 0 Å². The SMILES string of the molecule is O=C(NC1CCCCCC1)[C@H]1CCCCN1S(=O)(=O)c1cccc(C(F)(F)F)c1. The molecule has 1 aliphatic carbocycles. The zero-order valence-electron chi connectivity index (χ0n) is 16.2. The van der Waals surface area contributed by atoms with Crippen molar-refractivity contribution >= 4 is 15.9 Å². The number of hydrogen-bond acceptors (Lipinski definition) is 3. The van der Waals surface area contributed by atoms with Gasteiger partial charge in [-0.05, 0) is 43.9 Å². The predicted molar refractivity (Wildman–Crippen MR) is 103 cm³/mol. The molecule has 0 spiro atoms. The monoisotopic (exact) mass is 432 g/mol. The minimum atomic E-state index is -4.64. The molecule has 5 nitrogen and oxygen atoms in total. The van der Waals surface area contributed by atoms with E-state index in [9.17, 15) is 26.4 Å². The Hall–Kier alpha value is -1.61. The summed E-state index contributed by atoms with van der Waals surface area (Å²) >= 11 is 0. The smallest absolute Gasteiger partial charge is 0.352 e. The molecule has 1 saturated carbocycles. The molecular formula is C20H27F3N2O3S. The zero-order valence-corrected chi connectivity index (χ0v) is 17.1. The van der Waals surface area contributed by atoms with Crippen LogP contribution in [0.4, 0.5) is 13.2 Å². The largest absolute Gasteiger partial charge is 0.416 e. The molecule has 2 fully saturated rings. The third-order valence-electron chi connectivity index (χ3n) is 5.73. The second-order valence-corrected chi connectivity index (χ2v) is 9.74. The Bertz CT molecular complexity index is 819. The van der Waals surface area contributed by atoms with E-state index < -0.39 is 32.7 Å². The van der Waals surface area contributed by atoms with E-state index >= 15 is 0 Å². The van der Waals surface area contributed by atoms with Crippen LogP contribution in [0, 0.1) is 0 Å². The second kappa shape index (κ2) is 9.04. The van der Waals surface area contributed by atoms with Gasteiger partial charge in [-0.25, -0.2) is 8.42 Å². The number of nitrogens with zero attached hydrogens (tertiary/aromatic N) is 1. The summed E-state index contributed by atoms with van der Waals surface area (Å²) in [6.07, 6.45) is 3.09. The van der Waals surface area contributed by atoms with Gasteiger partial charge < -0.3 is 5.32 Å². The van der Waals surface area contributed by atoms with Crippen LogP contribution in [0.5, 0.6) is 0 Å². The van der Waals surface area contributed by atoms with E-state index in [1.165, 1.54) is 0 Å². The summed E-state index contributed by atoms with van der Waals surface area (Å²) in [5, 5.41) is 2.99. The van der Waals surface area contributed by atoms with Crippen LogP contribution in [-0.2, 0) is 21.0 Å². The number of piperidine rings is 1. The van der Waals surface area contributed by atoms with Gasteiger partial charge >= 0.3 is 6.18 Å². The molecule has 0 aromatic heterocycles. The molecule has 1 aromatic carbocycles. The lowest BCUT2D eigenvalue weighted by molar-refractivity contribution is -0.137. The maximum absolute atomic E-state index is 13.1. The fraction of sp³-hybridized carbons (Fsp3) is 0.650. The topological polar surface area (TPSA) is 66.5 Å². The van der Waals surface area contributed by atoms with Crippen LogP contribution in [0.3, 0.4) is 0 Å². The van der Waals surface area contributed by atoms with Crippen molar-refractivity contribution in [2.75, 3.05) is 6.54 Å². The standard InChI is InChI=1S/C20H27F3N2O3S/c21-20(22,23)15-8-7-11-17(14-15)29(27,28)25-13-6-5-12-18(25)19(26)24-16-9-3-1-2-4-10-16/h7-8,11,14,16,18H,1-6,9-10,12-13H2,(H,24,26)/t18-/m1/s1. The molecule has 0 radical (unpaired) electrons. The van der Waals surface area contributed by atoms with Crippen molar-refractivity contribution in [1.29, 1.82) is 0 Å². The van der Waals surface area contributed by atoms with Gasteiger partial charge in [-0.15, -0.1) is 0 Å². The molecule has 2 aliphatic rings. The Balaban J connectivity index is 1.81. The highest BCUT2D eigenvalue weighted by Crippen LogP contribution is 2.32. The number of nitrogens with one attached hydrogen (secondary N) is 1. The second-order valence-electron chi connectivity index (χ2n) is 7.85. The van der Waals surface area contributed by atoms with Crippen molar-refractivity contribution in [2.45, 2.75) is 80.9 Å². The number of rotatable bonds is 4. The van der Waals surface area contributed by atoms with E-state index in [1.54, 1.807) is 0 Å². The molecule has 0 unspecified atom stereocenters. The quantitative estimate of drug-likeness (QED) is 0.729. The first kappa shape index (κ1) is 22.1. The average Bonchev–Trinajstić information content (AvgIpc) is 2.96. The molecule has 1 amide bonds. The van der Waals surface area contributed by atoms with Crippen molar-refractivity contribution in [3.63, 3.8) is 0 Å². The zero-order chi connectivity index (χ0) is 21.1. The normalized spacial score (nSPS) is 22.8. The van der Waals surface area contributed by atoms with Gasteiger partial charge in [-0.2, -0.15) is 17.5 Å². The lowest BCUT2D eigenvalue weighted by Crippen LogP contribution is -2.53. The minimum Gasteiger partial charge on any atom is -0.352 e. The lowest BCUT2D eigenvalue weighted by Gasteiger charge is -2.34. The number of halogens is 3. The number of carbonyl (C=O) groups excluding carboxylic acids is 1. The fourth-order valence-electron chi connectivity index (χ4n) is 4.14. The van der Waals surface area contributed by atoms with E-state index in [-0.39, 0.29) is 18.5 Å². The van der Waals surface area contributed by atoms with Crippen molar-refractivity contribution in [1.82, 2.24) is 9.62 Å². The maximum Gasteiger partial charge on any atom is 0.416 e. The van der Waals surface area contributed by atoms with Gasteiger partial charge in [0.25, 0.3) is 0 Å². The van der Waals surface area contributed by atoms with Crippen molar-refractivity contribution in [3.8, 4) is 0 Å². The molecule has 162 valence electrons. The number of amides is 1. The Labute approximate surface area is 169 Å². The Morgan fingerprint density at radius 2 is 1.66 bits per heavy atom. The van der Waals surface area contributed by atoms with Crippen LogP contribution in [-0.4, -0.2) is 37.3 Å². The molecule has 1 heterocycles. The Morgan fingerprint density at radius 3 is 2.31 bits per heavy atom. The van der Waals surface area contributed by atoms with Gasteiger partial charge in [-0.1, -0.05) is 38.2 Å². The fourth-order valence-corrected chi connectivity index (χ4v) is 5.85. The third-order valence-corrected chi connectivity index (χ3v) is 7.63. The van der Waals surface area contributed by atoms with E-state index in [0.29, 0.717) is 25.3 Å². The third kappa shape index (κ3) is 5.31. The van der Waals surface area contributed by atoms with Gasteiger partial charge in [0, 0.05) is 12.6 Å². The molecule has 29 heavy (non-hydrogen) atoms. The van der Waals surface area contributed by atoms with Crippen LogP contribution in [0.15, 0.2) is 29.2 Å². The van der Waals surface area contributed by atoms with Gasteiger partial charge in [0.05, 0.1) is 10.5 Å². The molecule has 1 saturated heterocycles. The average molecular weight is 433 g/mol. The van der Waals surface area contributed by atoms with E-state index in [4.69, 9.17) is 0 Å². The number of benzene rings is 1. The highest BCUT2D eigenvalue weighted by Gasteiger charge is 2.39. The molecule has 3 rings (SSSR count). The van der Waals surface area contributed by atoms with E-state index in [0.717, 1.165) is 61.0 Å². The van der Waals surface area contributed by atoms with Gasteiger partial charge in [0.15, 0.2) is 0 Å². The van der Waals surface area contributed by atoms with Crippen LogP contribution in [0.2, 0.25) is 0 Å². The van der Waals surface area contributed by atoms with Crippen molar-refractivity contribution in [3.05, 3.63) is 29.8 Å². The van der Waals surface area contributed by atoms with Gasteiger partial charge in [0.2, 0.25) is 15.9 Å². The summed E-state index contributed by atoms with van der Waals surface area (Å²) in [6.45, 7) is 0.126. The maximum atomic E-state index is 13.1. The molecule has 0 bridgehead atoms. The number of hydrogen-bond donors (Lipinski definition) is 1. The van der Waals surface area contributed by atoms with Crippen LogP contribution < -0.4 is 5.32 Å². The predicted octanol–water partition coefficient (Wildman–Crippen LogP) is 4.09. The number of carbonyl (C=O) groups is 1. The summed E-state index contributed by atoms with van der Waals surface area (Å²) in [4.78, 5) is 12.5. The highest BCUT2D eigenvalue weighted by molar-refractivity contribution is 7.89. The first-order valence-corrected chi connectivity index (χ1v) is 11.6. The Morgan fingerprint density at radius 1 is 1.00 bits per heavy atom. The van der Waals surface area contributed by atoms with E-state index in [2.05, 4.69) is 5.32 Å². The first-order valence-electron chi connectivity index (χ1n) is 10.2. The van der Waals surface area contributed by atoms with Crippen molar-refractivity contribution < 1.29 is 26.4 Å². The van der Waals surface area contributed by atoms with Crippen LogP contribution in [0.25, 0.3) is 0 Å². The first-order chi connectivity index (χ1) is 13.7. The minimum absolute atomic E-state index is 0.0324. The van der Waals surface area contributed by atoms with Gasteiger partial charge in [-0.3, -0.25) is 4.79 Å². The number of sulfonamides is 1. The molecular weight excluding hydrogens is 405 g/mol. The number of alkyl halides is 3. The van der Waals surface area contributed by atoms with Crippen molar-refractivity contribution in [2.24, 2.45) is 0 Å². The van der Waals surface area contributed by atoms with E-state index in [1.807, 2.05) is 0 Å². The molecule has 9 heteroatoms. The summed E-state index contributed by atoms with van der Waals surface area (Å²) < 4.78 is 66.4. The molecule has 1 aromatic rings. The summed E-state index contributed by atoms with van der Waals surface area (Å²) in [7, 11) is -4.21. The molecule has 1 atom stereocenters. The van der Waals surface area contributed by atoms with Gasteiger partial charge in [0.1, 0.15) is 6.04 Å².